The van der Waals surface area contributed by atoms with Crippen LogP contribution < -0.4 is 11.3 Å². The number of hydrazine groups is 1. The molecule has 0 aliphatic carbocycles. The molecule has 2 aromatic rings. The van der Waals surface area contributed by atoms with E-state index >= 15 is 0 Å². The Balaban J connectivity index is 2.09. The lowest BCUT2D eigenvalue weighted by Gasteiger charge is -2.16. The average molecular weight is 280 g/mol. The van der Waals surface area contributed by atoms with Crippen LogP contribution in [0.5, 0.6) is 0 Å². The number of benzene rings is 2. The maximum atomic E-state index is 13.6. The van der Waals surface area contributed by atoms with Crippen molar-refractivity contribution in [3.63, 3.8) is 0 Å². The van der Waals surface area contributed by atoms with E-state index in [1.165, 1.54) is 24.3 Å². The van der Waals surface area contributed by atoms with E-state index in [9.17, 15) is 13.2 Å². The average Bonchev–Trinajstić information content (AvgIpc) is 2.41. The van der Waals surface area contributed by atoms with Gasteiger partial charge in [-0.1, -0.05) is 18.2 Å². The second kappa shape index (κ2) is 6.54. The predicted octanol–water partition coefficient (Wildman–Crippen LogP) is 2.72. The molecule has 2 aromatic carbocycles. The molecule has 1 atom stereocenters. The van der Waals surface area contributed by atoms with Crippen molar-refractivity contribution in [2.24, 2.45) is 5.84 Å². The molecule has 0 heterocycles. The first-order valence-electron chi connectivity index (χ1n) is 6.23. The molecule has 0 amide bonds. The highest BCUT2D eigenvalue weighted by molar-refractivity contribution is 5.22. The largest absolute Gasteiger partial charge is 0.271 e. The lowest BCUT2D eigenvalue weighted by molar-refractivity contribution is 0.501. The van der Waals surface area contributed by atoms with E-state index in [2.05, 4.69) is 5.43 Å². The fraction of sp³-hybridized carbons (Fsp3) is 0.200. The van der Waals surface area contributed by atoms with Crippen LogP contribution in [0.4, 0.5) is 13.2 Å². The molecule has 0 bridgehead atoms. The third kappa shape index (κ3) is 3.82. The second-order valence-electron chi connectivity index (χ2n) is 4.64. The first-order chi connectivity index (χ1) is 9.58. The number of nitrogens with two attached hydrogens (primary N) is 1. The Hall–Kier alpha value is -1.85. The summed E-state index contributed by atoms with van der Waals surface area (Å²) in [6.07, 6.45) is 0.740. The second-order valence-corrected chi connectivity index (χ2v) is 4.64. The summed E-state index contributed by atoms with van der Waals surface area (Å²) >= 11 is 0. The van der Waals surface area contributed by atoms with Gasteiger partial charge in [-0.05, 0) is 42.2 Å². The Labute approximate surface area is 115 Å². The first kappa shape index (κ1) is 14.6. The summed E-state index contributed by atoms with van der Waals surface area (Å²) in [4.78, 5) is 0. The van der Waals surface area contributed by atoms with E-state index in [0.29, 0.717) is 18.4 Å². The van der Waals surface area contributed by atoms with Crippen LogP contribution in [0.1, 0.15) is 11.1 Å². The molecule has 0 aliphatic heterocycles. The number of halogens is 3. The Morgan fingerprint density at radius 2 is 1.70 bits per heavy atom. The Morgan fingerprint density at radius 1 is 0.950 bits per heavy atom. The summed E-state index contributed by atoms with van der Waals surface area (Å²) in [5.41, 5.74) is 3.70. The molecular formula is C15H15F3N2. The van der Waals surface area contributed by atoms with Gasteiger partial charge >= 0.3 is 0 Å². The van der Waals surface area contributed by atoms with Gasteiger partial charge in [0.15, 0.2) is 0 Å². The zero-order valence-electron chi connectivity index (χ0n) is 10.7. The molecule has 0 saturated carbocycles. The molecular weight excluding hydrogens is 265 g/mol. The molecule has 106 valence electrons. The quantitative estimate of drug-likeness (QED) is 0.653. The van der Waals surface area contributed by atoms with Gasteiger partial charge in [0.2, 0.25) is 0 Å². The minimum absolute atomic E-state index is 0.267. The molecule has 0 aliphatic rings. The number of nitrogens with one attached hydrogen (secondary N) is 1. The number of hydrogen-bond acceptors (Lipinski definition) is 2. The van der Waals surface area contributed by atoms with Gasteiger partial charge in [-0.25, -0.2) is 13.2 Å². The summed E-state index contributed by atoms with van der Waals surface area (Å²) in [5, 5.41) is 0. The summed E-state index contributed by atoms with van der Waals surface area (Å²) in [7, 11) is 0. The van der Waals surface area contributed by atoms with Crippen LogP contribution in [0, 0.1) is 17.5 Å². The van der Waals surface area contributed by atoms with Crippen LogP contribution >= 0.6 is 0 Å². The maximum Gasteiger partial charge on any atom is 0.129 e. The SMILES string of the molecule is NNC(Cc1cccc(F)c1)Cc1ccc(F)cc1F. The van der Waals surface area contributed by atoms with Crippen LogP contribution in [0.25, 0.3) is 0 Å². The summed E-state index contributed by atoms with van der Waals surface area (Å²) in [6.45, 7) is 0. The molecule has 0 fully saturated rings. The Bertz CT molecular complexity index is 587. The number of rotatable bonds is 5. The summed E-state index contributed by atoms with van der Waals surface area (Å²) in [6, 6.07) is 9.31. The smallest absolute Gasteiger partial charge is 0.129 e. The summed E-state index contributed by atoms with van der Waals surface area (Å²) in [5.74, 6) is 3.89. The lowest BCUT2D eigenvalue weighted by atomic mass is 9.99. The third-order valence-corrected chi connectivity index (χ3v) is 3.09. The molecule has 5 heteroatoms. The van der Waals surface area contributed by atoms with E-state index in [1.54, 1.807) is 12.1 Å². The highest BCUT2D eigenvalue weighted by atomic mass is 19.1. The molecule has 0 aromatic heterocycles. The van der Waals surface area contributed by atoms with Gasteiger partial charge in [-0.15, -0.1) is 0 Å². The van der Waals surface area contributed by atoms with Crippen LogP contribution in [0.15, 0.2) is 42.5 Å². The van der Waals surface area contributed by atoms with Crippen LogP contribution in [0.2, 0.25) is 0 Å². The molecule has 0 saturated heterocycles. The fourth-order valence-electron chi connectivity index (χ4n) is 2.09. The minimum atomic E-state index is -0.617. The molecule has 2 rings (SSSR count). The van der Waals surface area contributed by atoms with Crippen molar-refractivity contribution in [2.45, 2.75) is 18.9 Å². The summed E-state index contributed by atoms with van der Waals surface area (Å²) < 4.78 is 39.5. The van der Waals surface area contributed by atoms with Gasteiger partial charge < -0.3 is 0 Å². The monoisotopic (exact) mass is 280 g/mol. The fourth-order valence-corrected chi connectivity index (χ4v) is 2.09. The Kier molecular flexibility index (Phi) is 4.76. The van der Waals surface area contributed by atoms with E-state index < -0.39 is 11.6 Å². The van der Waals surface area contributed by atoms with Crippen molar-refractivity contribution in [3.05, 3.63) is 71.0 Å². The van der Waals surface area contributed by atoms with E-state index in [1.807, 2.05) is 0 Å². The first-order valence-corrected chi connectivity index (χ1v) is 6.23. The predicted molar refractivity (Wildman–Crippen MR) is 71.3 cm³/mol. The van der Waals surface area contributed by atoms with E-state index in [-0.39, 0.29) is 11.9 Å². The van der Waals surface area contributed by atoms with Gasteiger partial charge in [0, 0.05) is 12.1 Å². The van der Waals surface area contributed by atoms with E-state index in [4.69, 9.17) is 5.84 Å². The minimum Gasteiger partial charge on any atom is -0.271 e. The van der Waals surface area contributed by atoms with Crippen molar-refractivity contribution >= 4 is 0 Å². The van der Waals surface area contributed by atoms with Crippen molar-refractivity contribution in [1.29, 1.82) is 0 Å². The van der Waals surface area contributed by atoms with Gasteiger partial charge in [-0.3, -0.25) is 11.3 Å². The van der Waals surface area contributed by atoms with Gasteiger partial charge in [0.05, 0.1) is 0 Å². The molecule has 0 spiro atoms. The molecule has 3 N–H and O–H groups in total. The van der Waals surface area contributed by atoms with E-state index in [0.717, 1.165) is 11.6 Å². The van der Waals surface area contributed by atoms with Crippen LogP contribution in [-0.4, -0.2) is 6.04 Å². The van der Waals surface area contributed by atoms with Crippen molar-refractivity contribution < 1.29 is 13.2 Å². The maximum absolute atomic E-state index is 13.6. The number of hydrogen-bond donors (Lipinski definition) is 2. The third-order valence-electron chi connectivity index (χ3n) is 3.09. The van der Waals surface area contributed by atoms with Crippen molar-refractivity contribution in [2.75, 3.05) is 0 Å². The van der Waals surface area contributed by atoms with Gasteiger partial charge in [0.25, 0.3) is 0 Å². The Morgan fingerprint density at radius 3 is 2.35 bits per heavy atom. The highest BCUT2D eigenvalue weighted by Crippen LogP contribution is 2.14. The molecule has 2 nitrogen and oxygen atoms in total. The van der Waals surface area contributed by atoms with Crippen molar-refractivity contribution in [1.82, 2.24) is 5.43 Å². The molecule has 1 unspecified atom stereocenters. The van der Waals surface area contributed by atoms with Gasteiger partial charge in [0.1, 0.15) is 17.5 Å². The highest BCUT2D eigenvalue weighted by Gasteiger charge is 2.13. The van der Waals surface area contributed by atoms with Crippen molar-refractivity contribution in [3.8, 4) is 0 Å². The lowest BCUT2D eigenvalue weighted by Crippen LogP contribution is -2.38. The molecule has 20 heavy (non-hydrogen) atoms. The standard InChI is InChI=1S/C15H15F3N2/c16-12-3-1-2-10(6-12)7-14(20-19)8-11-4-5-13(17)9-15(11)18/h1-6,9,14,20H,7-8,19H2. The zero-order valence-corrected chi connectivity index (χ0v) is 10.7. The molecule has 0 radical (unpaired) electrons. The zero-order chi connectivity index (χ0) is 14.5. The van der Waals surface area contributed by atoms with Gasteiger partial charge in [-0.2, -0.15) is 0 Å². The van der Waals surface area contributed by atoms with Crippen LogP contribution in [0.3, 0.4) is 0 Å². The van der Waals surface area contributed by atoms with Crippen LogP contribution in [-0.2, 0) is 12.8 Å². The topological polar surface area (TPSA) is 38.0 Å². The normalized spacial score (nSPS) is 12.4.